The first-order chi connectivity index (χ1) is 14.0. The molecule has 4 rings (SSSR count). The van der Waals surface area contributed by atoms with Gasteiger partial charge >= 0.3 is 0 Å². The van der Waals surface area contributed by atoms with Gasteiger partial charge in [0.25, 0.3) is 5.91 Å². The standard InChI is InChI=1S/C22H21FN2O4/c1-13-18(23)5-2-6-19(13)25-22-17(21(27)24-12-16-4-3-9-28-16)10-14-7-8-15(26)11-20(14)29-22/h2,5-8,10-11,16,26H,3-4,9,12H2,1H3,(H,24,27)/t16-/m1/s1. The smallest absolute Gasteiger partial charge is 0.256 e. The van der Waals surface area contributed by atoms with E-state index in [4.69, 9.17) is 9.15 Å². The molecular formula is C22H21FN2O4. The lowest BCUT2D eigenvalue weighted by Gasteiger charge is -2.11. The van der Waals surface area contributed by atoms with E-state index in [1.54, 1.807) is 31.2 Å². The van der Waals surface area contributed by atoms with Crippen LogP contribution < -0.4 is 10.9 Å². The van der Waals surface area contributed by atoms with E-state index < -0.39 is 5.82 Å². The molecule has 3 aromatic rings. The summed E-state index contributed by atoms with van der Waals surface area (Å²) in [5, 5.41) is 13.2. The first-order valence-electron chi connectivity index (χ1n) is 9.48. The van der Waals surface area contributed by atoms with E-state index in [1.165, 1.54) is 18.2 Å². The van der Waals surface area contributed by atoms with Crippen molar-refractivity contribution in [2.75, 3.05) is 13.2 Å². The zero-order chi connectivity index (χ0) is 20.4. The minimum absolute atomic E-state index is 0.000792. The Morgan fingerprint density at radius 3 is 2.97 bits per heavy atom. The molecule has 7 heteroatoms. The summed E-state index contributed by atoms with van der Waals surface area (Å²) in [6.45, 7) is 2.71. The van der Waals surface area contributed by atoms with Gasteiger partial charge < -0.3 is 19.6 Å². The monoisotopic (exact) mass is 396 g/mol. The molecule has 1 atom stereocenters. The van der Waals surface area contributed by atoms with Crippen molar-refractivity contribution < 1.29 is 23.4 Å². The van der Waals surface area contributed by atoms with Gasteiger partial charge in [0.1, 0.15) is 22.7 Å². The SMILES string of the molecule is Cc1c(F)cccc1N=c1oc2cc(O)ccc2cc1C(=O)NC[C@H]1CCCO1. The molecule has 1 amide bonds. The number of fused-ring (bicyclic) bond motifs is 1. The molecule has 2 heterocycles. The van der Waals surface area contributed by atoms with E-state index in [2.05, 4.69) is 10.3 Å². The van der Waals surface area contributed by atoms with E-state index >= 15 is 0 Å². The van der Waals surface area contributed by atoms with Gasteiger partial charge in [-0.25, -0.2) is 9.38 Å². The number of phenolic OH excluding ortho intramolecular Hbond substituents is 1. The number of benzene rings is 2. The van der Waals surface area contributed by atoms with Crippen molar-refractivity contribution in [2.24, 2.45) is 4.99 Å². The van der Waals surface area contributed by atoms with Crippen molar-refractivity contribution in [1.82, 2.24) is 5.32 Å². The van der Waals surface area contributed by atoms with Gasteiger partial charge in [-0.2, -0.15) is 0 Å². The Morgan fingerprint density at radius 1 is 1.31 bits per heavy atom. The molecule has 0 bridgehead atoms. The van der Waals surface area contributed by atoms with Gasteiger partial charge in [0.15, 0.2) is 0 Å². The highest BCUT2D eigenvalue weighted by atomic mass is 19.1. The molecule has 1 saturated heterocycles. The molecule has 1 aliphatic heterocycles. The highest BCUT2D eigenvalue weighted by molar-refractivity contribution is 5.96. The van der Waals surface area contributed by atoms with Crippen LogP contribution in [-0.4, -0.2) is 30.3 Å². The Balaban J connectivity index is 1.79. The van der Waals surface area contributed by atoms with Crippen LogP contribution in [0, 0.1) is 12.7 Å². The molecule has 2 N–H and O–H groups in total. The molecule has 0 radical (unpaired) electrons. The number of aromatic hydroxyl groups is 1. The number of nitrogens with zero attached hydrogens (tertiary/aromatic N) is 1. The zero-order valence-corrected chi connectivity index (χ0v) is 15.9. The van der Waals surface area contributed by atoms with Gasteiger partial charge in [0.2, 0.25) is 5.55 Å². The Labute approximate surface area is 166 Å². The number of hydrogen-bond donors (Lipinski definition) is 2. The molecular weight excluding hydrogens is 375 g/mol. The van der Waals surface area contributed by atoms with Gasteiger partial charge in [-0.05, 0) is 50.1 Å². The van der Waals surface area contributed by atoms with Gasteiger partial charge in [0, 0.05) is 30.2 Å². The minimum atomic E-state index is -0.394. The molecule has 0 aliphatic carbocycles. The third-order valence-electron chi connectivity index (χ3n) is 4.95. The maximum absolute atomic E-state index is 13.9. The second kappa shape index (κ2) is 8.05. The summed E-state index contributed by atoms with van der Waals surface area (Å²) < 4.78 is 25.3. The maximum Gasteiger partial charge on any atom is 0.256 e. The number of phenols is 1. The minimum Gasteiger partial charge on any atom is -0.508 e. The van der Waals surface area contributed by atoms with Crippen LogP contribution in [0.3, 0.4) is 0 Å². The lowest BCUT2D eigenvalue weighted by atomic mass is 10.1. The summed E-state index contributed by atoms with van der Waals surface area (Å²) >= 11 is 0. The summed E-state index contributed by atoms with van der Waals surface area (Å²) in [5.41, 5.74) is 1.35. The normalized spacial score (nSPS) is 17.0. The predicted octanol–water partition coefficient (Wildman–Crippen LogP) is 3.73. The lowest BCUT2D eigenvalue weighted by molar-refractivity contribution is 0.0854. The summed E-state index contributed by atoms with van der Waals surface area (Å²) in [6.07, 6.45) is 1.88. The van der Waals surface area contributed by atoms with Crippen LogP contribution in [0.15, 0.2) is 51.9 Å². The number of halogens is 1. The van der Waals surface area contributed by atoms with Crippen molar-refractivity contribution in [3.8, 4) is 5.75 Å². The van der Waals surface area contributed by atoms with Gasteiger partial charge in [-0.15, -0.1) is 0 Å². The molecule has 6 nitrogen and oxygen atoms in total. The number of rotatable bonds is 4. The fraction of sp³-hybridized carbons (Fsp3) is 0.273. The van der Waals surface area contributed by atoms with E-state index in [0.29, 0.717) is 35.4 Å². The van der Waals surface area contributed by atoms with Crippen molar-refractivity contribution in [1.29, 1.82) is 0 Å². The fourth-order valence-electron chi connectivity index (χ4n) is 3.29. The second-order valence-electron chi connectivity index (χ2n) is 7.03. The summed E-state index contributed by atoms with van der Waals surface area (Å²) in [7, 11) is 0. The zero-order valence-electron chi connectivity index (χ0n) is 15.9. The summed E-state index contributed by atoms with van der Waals surface area (Å²) in [6, 6.07) is 10.8. The molecule has 1 aliphatic rings. The molecule has 0 unspecified atom stereocenters. The Morgan fingerprint density at radius 2 is 2.17 bits per heavy atom. The van der Waals surface area contributed by atoms with Crippen LogP contribution in [0.1, 0.15) is 28.8 Å². The molecule has 1 fully saturated rings. The molecule has 29 heavy (non-hydrogen) atoms. The predicted molar refractivity (Wildman–Crippen MR) is 106 cm³/mol. The number of ether oxygens (including phenoxy) is 1. The summed E-state index contributed by atoms with van der Waals surface area (Å²) in [4.78, 5) is 17.3. The van der Waals surface area contributed by atoms with Gasteiger partial charge in [-0.3, -0.25) is 4.79 Å². The van der Waals surface area contributed by atoms with Crippen LogP contribution in [0.25, 0.3) is 11.0 Å². The quantitative estimate of drug-likeness (QED) is 0.704. The van der Waals surface area contributed by atoms with E-state index in [0.717, 1.165) is 12.8 Å². The maximum atomic E-state index is 13.9. The topological polar surface area (TPSA) is 84.1 Å². The second-order valence-corrected chi connectivity index (χ2v) is 7.03. The number of carbonyl (C=O) groups excluding carboxylic acids is 1. The van der Waals surface area contributed by atoms with Crippen LogP contribution in [0.4, 0.5) is 10.1 Å². The largest absolute Gasteiger partial charge is 0.508 e. The summed E-state index contributed by atoms with van der Waals surface area (Å²) in [5.74, 6) is -0.717. The van der Waals surface area contributed by atoms with E-state index in [-0.39, 0.29) is 28.9 Å². The van der Waals surface area contributed by atoms with Crippen LogP contribution >= 0.6 is 0 Å². The van der Waals surface area contributed by atoms with Crippen LogP contribution in [0.5, 0.6) is 5.75 Å². The number of nitrogens with one attached hydrogen (secondary N) is 1. The Hall–Kier alpha value is -3.19. The molecule has 2 aromatic carbocycles. The van der Waals surface area contributed by atoms with Crippen molar-refractivity contribution >= 4 is 22.6 Å². The average molecular weight is 396 g/mol. The first kappa shape index (κ1) is 19.1. The third-order valence-corrected chi connectivity index (χ3v) is 4.95. The highest BCUT2D eigenvalue weighted by Gasteiger charge is 2.19. The number of hydrogen-bond acceptors (Lipinski definition) is 5. The van der Waals surface area contributed by atoms with Crippen molar-refractivity contribution in [2.45, 2.75) is 25.9 Å². The molecule has 150 valence electrons. The van der Waals surface area contributed by atoms with Gasteiger partial charge in [0.05, 0.1) is 11.8 Å². The average Bonchev–Trinajstić information content (AvgIpc) is 3.23. The first-order valence-corrected chi connectivity index (χ1v) is 9.48. The van der Waals surface area contributed by atoms with Gasteiger partial charge in [-0.1, -0.05) is 6.07 Å². The molecule has 1 aromatic heterocycles. The van der Waals surface area contributed by atoms with E-state index in [1.807, 2.05) is 0 Å². The molecule has 0 saturated carbocycles. The van der Waals surface area contributed by atoms with Crippen LogP contribution in [0.2, 0.25) is 0 Å². The van der Waals surface area contributed by atoms with Crippen molar-refractivity contribution in [3.05, 3.63) is 65.0 Å². The fourth-order valence-corrected chi connectivity index (χ4v) is 3.29. The third kappa shape index (κ3) is 4.14. The molecule has 0 spiro atoms. The number of amides is 1. The van der Waals surface area contributed by atoms with Crippen LogP contribution in [-0.2, 0) is 4.74 Å². The lowest BCUT2D eigenvalue weighted by Crippen LogP contribution is -2.34. The number of carbonyl (C=O) groups is 1. The van der Waals surface area contributed by atoms with Crippen molar-refractivity contribution in [3.63, 3.8) is 0 Å². The Bertz CT molecular complexity index is 1130. The Kier molecular flexibility index (Phi) is 5.31. The van der Waals surface area contributed by atoms with E-state index in [9.17, 15) is 14.3 Å². The highest BCUT2D eigenvalue weighted by Crippen LogP contribution is 2.22.